The Bertz CT molecular complexity index is 321. The summed E-state index contributed by atoms with van der Waals surface area (Å²) in [4.78, 5) is 16.5. The first kappa shape index (κ1) is 13.2. The molecule has 0 radical (unpaired) electrons. The summed E-state index contributed by atoms with van der Waals surface area (Å²) in [6.45, 7) is 5.27. The van der Waals surface area contributed by atoms with Crippen molar-refractivity contribution in [2.45, 2.75) is 44.2 Å². The van der Waals surface area contributed by atoms with Crippen LogP contribution in [0.25, 0.3) is 0 Å². The van der Waals surface area contributed by atoms with Crippen LogP contribution in [0.1, 0.15) is 32.1 Å². The monoisotopic (exact) mass is 266 g/mol. The maximum absolute atomic E-state index is 11.8. The van der Waals surface area contributed by atoms with Gasteiger partial charge in [-0.05, 0) is 38.0 Å². The van der Waals surface area contributed by atoms with Crippen molar-refractivity contribution in [3.8, 4) is 0 Å². The zero-order valence-electron chi connectivity index (χ0n) is 11.7. The molecule has 2 amide bonds. The first-order valence-electron chi connectivity index (χ1n) is 7.75. The highest BCUT2D eigenvalue weighted by molar-refractivity contribution is 5.75. The number of carbonyl (C=O) groups is 1. The van der Waals surface area contributed by atoms with E-state index in [4.69, 9.17) is 5.73 Å². The van der Waals surface area contributed by atoms with Gasteiger partial charge in [0.05, 0.1) is 0 Å². The van der Waals surface area contributed by atoms with Gasteiger partial charge in [-0.1, -0.05) is 0 Å². The average molecular weight is 266 g/mol. The minimum absolute atomic E-state index is 0.148. The number of urea groups is 1. The van der Waals surface area contributed by atoms with E-state index in [1.807, 2.05) is 0 Å². The van der Waals surface area contributed by atoms with Gasteiger partial charge in [0.2, 0.25) is 0 Å². The van der Waals surface area contributed by atoms with Gasteiger partial charge in [0.25, 0.3) is 0 Å². The molecule has 0 atom stereocenters. The Hall–Kier alpha value is -0.810. The predicted octanol–water partition coefficient (Wildman–Crippen LogP) is 0.603. The zero-order chi connectivity index (χ0) is 13.2. The van der Waals surface area contributed by atoms with E-state index in [0.29, 0.717) is 12.1 Å². The maximum atomic E-state index is 11.8. The number of amides is 2. The quantitative estimate of drug-likeness (QED) is 0.786. The van der Waals surface area contributed by atoms with Crippen molar-refractivity contribution in [3.63, 3.8) is 0 Å². The van der Waals surface area contributed by atoms with Crippen LogP contribution >= 0.6 is 0 Å². The second kappa shape index (κ2) is 5.67. The van der Waals surface area contributed by atoms with E-state index in [9.17, 15) is 4.79 Å². The van der Waals surface area contributed by atoms with Crippen molar-refractivity contribution in [2.24, 2.45) is 11.7 Å². The Labute approximate surface area is 115 Å². The lowest BCUT2D eigenvalue weighted by atomic mass is 9.80. The number of hydrogen-bond donors (Lipinski definition) is 2. The lowest BCUT2D eigenvalue weighted by molar-refractivity contribution is 0.0893. The molecule has 2 saturated heterocycles. The normalized spacial score (nSPS) is 33.9. The van der Waals surface area contributed by atoms with Gasteiger partial charge in [-0.25, -0.2) is 4.79 Å². The first-order chi connectivity index (χ1) is 9.22. The number of hydrogen-bond acceptors (Lipinski definition) is 3. The standard InChI is InChI=1S/C14H26N4O/c15-12-8-11(9-12)10-17-6-2-13(3-7-17)18-5-1-4-16-14(18)19/h11-13H,1-10,15H2,(H,16,19). The molecule has 0 bridgehead atoms. The fourth-order valence-electron chi connectivity index (χ4n) is 3.71. The van der Waals surface area contributed by atoms with Crippen molar-refractivity contribution in [3.05, 3.63) is 0 Å². The number of rotatable bonds is 3. The van der Waals surface area contributed by atoms with Crippen LogP contribution in [0, 0.1) is 5.92 Å². The summed E-state index contributed by atoms with van der Waals surface area (Å²) in [6.07, 6.45) is 5.76. The Morgan fingerprint density at radius 1 is 1.21 bits per heavy atom. The summed E-state index contributed by atoms with van der Waals surface area (Å²) < 4.78 is 0. The molecule has 0 aromatic heterocycles. The van der Waals surface area contributed by atoms with E-state index in [1.165, 1.54) is 19.4 Å². The molecule has 0 aromatic carbocycles. The highest BCUT2D eigenvalue weighted by Crippen LogP contribution is 2.28. The van der Waals surface area contributed by atoms with Crippen LogP contribution in [0.2, 0.25) is 0 Å². The van der Waals surface area contributed by atoms with E-state index in [2.05, 4.69) is 15.1 Å². The van der Waals surface area contributed by atoms with Crippen molar-refractivity contribution >= 4 is 6.03 Å². The van der Waals surface area contributed by atoms with Gasteiger partial charge in [0.1, 0.15) is 0 Å². The molecule has 108 valence electrons. The first-order valence-corrected chi connectivity index (χ1v) is 7.75. The fourth-order valence-corrected chi connectivity index (χ4v) is 3.71. The highest BCUT2D eigenvalue weighted by Gasteiger charge is 2.32. The number of carbonyl (C=O) groups excluding carboxylic acids is 1. The van der Waals surface area contributed by atoms with E-state index < -0.39 is 0 Å². The van der Waals surface area contributed by atoms with Crippen molar-refractivity contribution in [1.82, 2.24) is 15.1 Å². The smallest absolute Gasteiger partial charge is 0.317 e. The minimum atomic E-state index is 0.148. The van der Waals surface area contributed by atoms with E-state index in [-0.39, 0.29) is 6.03 Å². The molecule has 3 fully saturated rings. The summed E-state index contributed by atoms with van der Waals surface area (Å²) >= 11 is 0. The zero-order valence-corrected chi connectivity index (χ0v) is 11.7. The van der Waals surface area contributed by atoms with Crippen LogP contribution in [0.3, 0.4) is 0 Å². The molecule has 1 aliphatic carbocycles. The topological polar surface area (TPSA) is 61.6 Å². The largest absolute Gasteiger partial charge is 0.338 e. The SMILES string of the molecule is NC1CC(CN2CCC(N3CCCNC3=O)CC2)C1. The predicted molar refractivity (Wildman–Crippen MR) is 74.9 cm³/mol. The lowest BCUT2D eigenvalue weighted by Crippen LogP contribution is -2.55. The van der Waals surface area contributed by atoms with Crippen LogP contribution in [0.5, 0.6) is 0 Å². The minimum Gasteiger partial charge on any atom is -0.338 e. The number of nitrogens with zero attached hydrogens (tertiary/aromatic N) is 2. The van der Waals surface area contributed by atoms with Gasteiger partial charge >= 0.3 is 6.03 Å². The van der Waals surface area contributed by atoms with E-state index in [0.717, 1.165) is 51.4 Å². The van der Waals surface area contributed by atoms with Crippen LogP contribution < -0.4 is 11.1 Å². The van der Waals surface area contributed by atoms with Crippen LogP contribution in [-0.2, 0) is 0 Å². The summed E-state index contributed by atoms with van der Waals surface area (Å²) in [5.41, 5.74) is 5.84. The van der Waals surface area contributed by atoms with E-state index >= 15 is 0 Å². The van der Waals surface area contributed by atoms with Gasteiger partial charge in [-0.3, -0.25) is 0 Å². The molecule has 2 heterocycles. The summed E-state index contributed by atoms with van der Waals surface area (Å²) in [5.74, 6) is 0.824. The van der Waals surface area contributed by atoms with Gasteiger partial charge in [0.15, 0.2) is 0 Å². The summed E-state index contributed by atoms with van der Waals surface area (Å²) in [5, 5.41) is 2.96. The molecule has 3 rings (SSSR count). The number of nitrogens with one attached hydrogen (secondary N) is 1. The molecular formula is C14H26N4O. The molecule has 0 aromatic rings. The third-order valence-electron chi connectivity index (χ3n) is 4.90. The lowest BCUT2D eigenvalue weighted by Gasteiger charge is -2.42. The third kappa shape index (κ3) is 3.03. The second-order valence-corrected chi connectivity index (χ2v) is 6.41. The molecule has 2 aliphatic heterocycles. The Balaban J connectivity index is 1.42. The third-order valence-corrected chi connectivity index (χ3v) is 4.90. The number of nitrogens with two attached hydrogens (primary N) is 1. The molecule has 3 N–H and O–H groups in total. The number of likely N-dealkylation sites (tertiary alicyclic amines) is 1. The molecule has 1 saturated carbocycles. The van der Waals surface area contributed by atoms with Gasteiger partial charge in [-0.15, -0.1) is 0 Å². The molecule has 0 unspecified atom stereocenters. The van der Waals surface area contributed by atoms with Crippen LogP contribution in [-0.4, -0.2) is 60.6 Å². The van der Waals surface area contributed by atoms with Gasteiger partial charge in [0, 0.05) is 44.8 Å². The highest BCUT2D eigenvalue weighted by atomic mass is 16.2. The number of piperidine rings is 1. The van der Waals surface area contributed by atoms with E-state index in [1.54, 1.807) is 0 Å². The second-order valence-electron chi connectivity index (χ2n) is 6.41. The molecule has 5 heteroatoms. The molecule has 5 nitrogen and oxygen atoms in total. The molecule has 19 heavy (non-hydrogen) atoms. The Kier molecular flexibility index (Phi) is 3.93. The molecular weight excluding hydrogens is 240 g/mol. The Morgan fingerprint density at radius 3 is 2.58 bits per heavy atom. The van der Waals surface area contributed by atoms with Crippen LogP contribution in [0.4, 0.5) is 4.79 Å². The molecule has 0 spiro atoms. The van der Waals surface area contributed by atoms with Crippen molar-refractivity contribution in [1.29, 1.82) is 0 Å². The van der Waals surface area contributed by atoms with Gasteiger partial charge < -0.3 is 20.9 Å². The average Bonchev–Trinajstić information content (AvgIpc) is 2.39. The van der Waals surface area contributed by atoms with Crippen molar-refractivity contribution in [2.75, 3.05) is 32.7 Å². The summed E-state index contributed by atoms with van der Waals surface area (Å²) in [6, 6.07) is 1.06. The van der Waals surface area contributed by atoms with Crippen LogP contribution in [0.15, 0.2) is 0 Å². The van der Waals surface area contributed by atoms with Gasteiger partial charge in [-0.2, -0.15) is 0 Å². The Morgan fingerprint density at radius 2 is 1.95 bits per heavy atom. The maximum Gasteiger partial charge on any atom is 0.317 e. The fraction of sp³-hybridized carbons (Fsp3) is 0.929. The molecule has 3 aliphatic rings. The summed E-state index contributed by atoms with van der Waals surface area (Å²) in [7, 11) is 0. The van der Waals surface area contributed by atoms with Crippen molar-refractivity contribution < 1.29 is 4.79 Å².